The Kier molecular flexibility index (Phi) is 4.51. The molecule has 0 unspecified atom stereocenters. The number of aliphatic hydroxyl groups excluding tert-OH is 2. The molecular formula is C13H17N2O4+. The number of ether oxygens (including phenoxy) is 1. The fraction of sp³-hybridized carbons (Fsp3) is 0.308. The Balaban J connectivity index is 1.83. The summed E-state index contributed by atoms with van der Waals surface area (Å²) in [5, 5.41) is 18.5. The molecule has 1 atom stereocenters. The van der Waals surface area contributed by atoms with Gasteiger partial charge in [-0.15, -0.1) is 0 Å². The molecule has 4 N–H and O–H groups in total. The molecule has 0 aromatic carbocycles. The summed E-state index contributed by atoms with van der Waals surface area (Å²) in [7, 11) is 0. The smallest absolute Gasteiger partial charge is 0.228 e. The molecule has 1 aliphatic rings. The third-order valence-electron chi connectivity index (χ3n) is 2.56. The zero-order chi connectivity index (χ0) is 13.7. The lowest BCUT2D eigenvalue weighted by atomic mass is 10.2. The molecule has 0 amide bonds. The lowest BCUT2D eigenvalue weighted by molar-refractivity contribution is -0.379. The minimum Gasteiger partial charge on any atom is -0.507 e. The number of pyridine rings is 1. The predicted molar refractivity (Wildman–Crippen MR) is 66.4 cm³/mol. The van der Waals surface area contributed by atoms with Gasteiger partial charge in [-0.2, -0.15) is 5.48 Å². The second-order valence-corrected chi connectivity index (χ2v) is 4.21. The molecule has 6 heteroatoms. The van der Waals surface area contributed by atoms with Crippen LogP contribution < -0.4 is 10.5 Å². The quantitative estimate of drug-likeness (QED) is 0.675. The van der Waals surface area contributed by atoms with Crippen molar-refractivity contribution in [2.45, 2.75) is 19.8 Å². The average Bonchev–Trinajstić information content (AvgIpc) is 2.41. The summed E-state index contributed by atoms with van der Waals surface area (Å²) in [5.41, 5.74) is 4.66. The third-order valence-corrected chi connectivity index (χ3v) is 2.56. The number of rotatable bonds is 5. The van der Waals surface area contributed by atoms with E-state index in [-0.39, 0.29) is 12.4 Å². The molecule has 2 rings (SSSR count). The number of nitrogens with one attached hydrogen (secondary N) is 2. The van der Waals surface area contributed by atoms with Gasteiger partial charge in [0, 0.05) is 11.1 Å². The first kappa shape index (κ1) is 13.5. The summed E-state index contributed by atoms with van der Waals surface area (Å²) in [6.07, 6.45) is 5.86. The molecule has 0 radical (unpaired) electrons. The van der Waals surface area contributed by atoms with Crippen LogP contribution in [-0.2, 0) is 16.2 Å². The van der Waals surface area contributed by atoms with Gasteiger partial charge in [0.25, 0.3) is 0 Å². The van der Waals surface area contributed by atoms with Crippen LogP contribution in [0.3, 0.4) is 0 Å². The second kappa shape index (κ2) is 6.33. The fourth-order valence-electron chi connectivity index (χ4n) is 1.63. The van der Waals surface area contributed by atoms with Gasteiger partial charge in [0.05, 0.1) is 6.61 Å². The number of aryl methyl sites for hydroxylation is 1. The lowest BCUT2D eigenvalue weighted by Crippen LogP contribution is -2.35. The van der Waals surface area contributed by atoms with E-state index in [4.69, 9.17) is 14.7 Å². The molecule has 1 aromatic heterocycles. The highest BCUT2D eigenvalue weighted by Crippen LogP contribution is 2.13. The summed E-state index contributed by atoms with van der Waals surface area (Å²) in [5.74, 6) is 0.357. The standard InChI is InChI=1S/C13H16N2O4/c1-9-4-10(6-14-5-9)8-18-15-13-12(17)3-2-11(7-16)19-13/h2-6,13,15-17H,7-8H2,1H3/p+1/t13-/m1/s1. The maximum absolute atomic E-state index is 9.58. The summed E-state index contributed by atoms with van der Waals surface area (Å²) in [4.78, 5) is 8.27. The Bertz CT molecular complexity index is 499. The van der Waals surface area contributed by atoms with Crippen LogP contribution in [0.5, 0.6) is 0 Å². The maximum atomic E-state index is 9.58. The number of allylic oxidation sites excluding steroid dienone is 2. The van der Waals surface area contributed by atoms with Crippen molar-refractivity contribution >= 4 is 0 Å². The zero-order valence-corrected chi connectivity index (χ0v) is 10.6. The van der Waals surface area contributed by atoms with Gasteiger partial charge in [0.15, 0.2) is 18.2 Å². The second-order valence-electron chi connectivity index (χ2n) is 4.21. The highest BCUT2D eigenvalue weighted by molar-refractivity contribution is 5.18. The van der Waals surface area contributed by atoms with E-state index in [9.17, 15) is 5.11 Å². The zero-order valence-electron chi connectivity index (χ0n) is 10.6. The van der Waals surface area contributed by atoms with Crippen molar-refractivity contribution in [3.63, 3.8) is 0 Å². The molecule has 0 spiro atoms. The topological polar surface area (TPSA) is 85.1 Å². The van der Waals surface area contributed by atoms with E-state index in [2.05, 4.69) is 10.5 Å². The number of hydrogen-bond acceptors (Lipinski definition) is 5. The van der Waals surface area contributed by atoms with Gasteiger partial charge in [-0.25, -0.2) is 4.98 Å². The highest BCUT2D eigenvalue weighted by atomic mass is 16.7. The van der Waals surface area contributed by atoms with Crippen LogP contribution in [0.2, 0.25) is 0 Å². The van der Waals surface area contributed by atoms with Crippen molar-refractivity contribution in [1.82, 2.24) is 5.48 Å². The van der Waals surface area contributed by atoms with Crippen LogP contribution in [-0.4, -0.2) is 23.0 Å². The molecule has 19 heavy (non-hydrogen) atoms. The normalized spacial score (nSPS) is 18.5. The molecule has 0 saturated carbocycles. The molecule has 1 aliphatic heterocycles. The van der Waals surface area contributed by atoms with Gasteiger partial charge in [0.2, 0.25) is 6.23 Å². The van der Waals surface area contributed by atoms with Gasteiger partial charge in [-0.3, -0.25) is 4.84 Å². The van der Waals surface area contributed by atoms with Crippen molar-refractivity contribution in [1.29, 1.82) is 0 Å². The van der Waals surface area contributed by atoms with Gasteiger partial charge in [0.1, 0.15) is 12.4 Å². The first-order valence-corrected chi connectivity index (χ1v) is 5.90. The number of aromatic nitrogens is 1. The van der Waals surface area contributed by atoms with Crippen LogP contribution in [0, 0.1) is 6.92 Å². The predicted octanol–water partition coefficient (Wildman–Crippen LogP) is 0.505. The third kappa shape index (κ3) is 3.78. The minimum absolute atomic E-state index is 0.00648. The van der Waals surface area contributed by atoms with Gasteiger partial charge in [-0.05, 0) is 25.1 Å². The van der Waals surface area contributed by atoms with E-state index in [0.29, 0.717) is 12.4 Å². The summed E-state index contributed by atoms with van der Waals surface area (Å²) in [6.45, 7) is 2.07. The Morgan fingerprint density at radius 2 is 2.26 bits per heavy atom. The molecular weight excluding hydrogens is 248 g/mol. The number of hydrogen-bond donors (Lipinski definition) is 3. The van der Waals surface area contributed by atoms with E-state index in [0.717, 1.165) is 11.1 Å². The molecule has 2 heterocycles. The SMILES string of the molecule is Cc1c[nH+]cc(CON[C@@H]2OC(CO)=CC=C2O)c1. The summed E-state index contributed by atoms with van der Waals surface area (Å²) < 4.78 is 5.26. The van der Waals surface area contributed by atoms with Gasteiger partial charge < -0.3 is 14.9 Å². The minimum atomic E-state index is -0.805. The average molecular weight is 265 g/mol. The van der Waals surface area contributed by atoms with E-state index >= 15 is 0 Å². The van der Waals surface area contributed by atoms with Gasteiger partial charge >= 0.3 is 0 Å². The largest absolute Gasteiger partial charge is 0.507 e. The molecule has 1 aromatic rings. The van der Waals surface area contributed by atoms with Crippen LogP contribution in [0.15, 0.2) is 42.1 Å². The lowest BCUT2D eigenvalue weighted by Gasteiger charge is -2.22. The summed E-state index contributed by atoms with van der Waals surface area (Å²) >= 11 is 0. The van der Waals surface area contributed by atoms with E-state index in [1.807, 2.05) is 25.4 Å². The Morgan fingerprint density at radius 3 is 3.00 bits per heavy atom. The monoisotopic (exact) mass is 265 g/mol. The van der Waals surface area contributed by atoms with Crippen LogP contribution in [0.4, 0.5) is 0 Å². The molecule has 6 nitrogen and oxygen atoms in total. The van der Waals surface area contributed by atoms with Crippen molar-refractivity contribution < 1.29 is 24.8 Å². The van der Waals surface area contributed by atoms with Crippen molar-refractivity contribution in [3.05, 3.63) is 53.3 Å². The number of aromatic amines is 1. The molecule has 0 bridgehead atoms. The van der Waals surface area contributed by atoms with Crippen molar-refractivity contribution in [2.24, 2.45) is 0 Å². The first-order valence-electron chi connectivity index (χ1n) is 5.90. The van der Waals surface area contributed by atoms with Crippen molar-refractivity contribution in [2.75, 3.05) is 6.61 Å². The van der Waals surface area contributed by atoms with E-state index in [1.54, 1.807) is 0 Å². The van der Waals surface area contributed by atoms with Crippen molar-refractivity contribution in [3.8, 4) is 0 Å². The number of hydroxylamine groups is 1. The molecule has 102 valence electrons. The van der Waals surface area contributed by atoms with E-state index < -0.39 is 6.23 Å². The Morgan fingerprint density at radius 1 is 1.42 bits per heavy atom. The Hall–Kier alpha value is -1.89. The highest BCUT2D eigenvalue weighted by Gasteiger charge is 2.19. The first-order chi connectivity index (χ1) is 9.19. The van der Waals surface area contributed by atoms with Crippen LogP contribution >= 0.6 is 0 Å². The maximum Gasteiger partial charge on any atom is 0.228 e. The Labute approximate surface area is 111 Å². The molecule has 0 saturated heterocycles. The number of H-pyrrole nitrogens is 1. The molecule has 0 fully saturated rings. The summed E-state index contributed by atoms with van der Waals surface area (Å²) in [6, 6.07) is 1.98. The number of aliphatic hydroxyl groups is 2. The van der Waals surface area contributed by atoms with Crippen LogP contribution in [0.1, 0.15) is 11.1 Å². The fourth-order valence-corrected chi connectivity index (χ4v) is 1.63. The van der Waals surface area contributed by atoms with E-state index in [1.165, 1.54) is 12.2 Å². The molecule has 0 aliphatic carbocycles. The van der Waals surface area contributed by atoms with Crippen LogP contribution in [0.25, 0.3) is 0 Å². The van der Waals surface area contributed by atoms with Gasteiger partial charge in [-0.1, -0.05) is 0 Å².